The Morgan fingerprint density at radius 2 is 1.73 bits per heavy atom. The number of rotatable bonds is 1. The van der Waals surface area contributed by atoms with Crippen LogP contribution >= 0.6 is 0 Å². The summed E-state index contributed by atoms with van der Waals surface area (Å²) >= 11 is 0. The maximum Gasteiger partial charge on any atom is 0.0603 e. The quantitative estimate of drug-likeness (QED) is 0.709. The van der Waals surface area contributed by atoms with E-state index in [1.807, 2.05) is 0 Å². The number of anilines is 2. The molecule has 0 atom stereocenters. The first kappa shape index (κ1) is 9.08. The summed E-state index contributed by atoms with van der Waals surface area (Å²) in [6.07, 6.45) is 2.85. The Labute approximate surface area is 91.1 Å². The van der Waals surface area contributed by atoms with Crippen molar-refractivity contribution in [3.8, 4) is 0 Å². The molecule has 0 aromatic heterocycles. The lowest BCUT2D eigenvalue weighted by molar-refractivity contribution is 0.388. The van der Waals surface area contributed by atoms with Gasteiger partial charge < -0.3 is 10.6 Å². The zero-order chi connectivity index (χ0) is 10.6. The minimum Gasteiger partial charge on any atom is -0.397 e. The van der Waals surface area contributed by atoms with Gasteiger partial charge in [-0.15, -0.1) is 0 Å². The minimum absolute atomic E-state index is 0.700. The second kappa shape index (κ2) is 2.69. The van der Waals surface area contributed by atoms with Gasteiger partial charge in [-0.3, -0.25) is 0 Å². The summed E-state index contributed by atoms with van der Waals surface area (Å²) in [5.74, 6) is 0. The third-order valence-corrected chi connectivity index (χ3v) is 3.99. The summed E-state index contributed by atoms with van der Waals surface area (Å²) < 4.78 is 0. The van der Waals surface area contributed by atoms with Crippen LogP contribution in [0, 0.1) is 19.3 Å². The van der Waals surface area contributed by atoms with Crippen LogP contribution in [0.25, 0.3) is 0 Å². The molecule has 1 spiro atoms. The van der Waals surface area contributed by atoms with E-state index in [1.165, 1.54) is 42.7 Å². The molecule has 2 heteroatoms. The van der Waals surface area contributed by atoms with E-state index >= 15 is 0 Å². The summed E-state index contributed by atoms with van der Waals surface area (Å²) in [5.41, 5.74) is 11.6. The molecular weight excluding hydrogens is 184 g/mol. The first-order valence-electron chi connectivity index (χ1n) is 5.71. The standard InChI is InChI=1S/C13H18N2/c1-9-5-11(14)12(6-10(9)2)15-7-13(8-15)3-4-13/h5-6H,3-4,7-8,14H2,1-2H3. The zero-order valence-corrected chi connectivity index (χ0v) is 9.51. The van der Waals surface area contributed by atoms with Crippen LogP contribution in [-0.4, -0.2) is 13.1 Å². The monoisotopic (exact) mass is 202 g/mol. The molecule has 1 aliphatic carbocycles. The van der Waals surface area contributed by atoms with Crippen molar-refractivity contribution in [3.05, 3.63) is 23.3 Å². The number of hydrogen-bond donors (Lipinski definition) is 1. The van der Waals surface area contributed by atoms with Gasteiger partial charge in [0.25, 0.3) is 0 Å². The van der Waals surface area contributed by atoms with Crippen molar-refractivity contribution in [2.24, 2.45) is 5.41 Å². The lowest BCUT2D eigenvalue weighted by Crippen LogP contribution is -2.48. The Morgan fingerprint density at radius 1 is 1.13 bits per heavy atom. The van der Waals surface area contributed by atoms with Gasteiger partial charge in [0.05, 0.1) is 11.4 Å². The molecule has 1 aromatic carbocycles. The van der Waals surface area contributed by atoms with Gasteiger partial charge in [-0.1, -0.05) is 0 Å². The van der Waals surface area contributed by atoms with E-state index in [1.54, 1.807) is 0 Å². The SMILES string of the molecule is Cc1cc(N)c(N2CC3(CC3)C2)cc1C. The lowest BCUT2D eigenvalue weighted by Gasteiger charge is -2.42. The average molecular weight is 202 g/mol. The summed E-state index contributed by atoms with van der Waals surface area (Å²) in [7, 11) is 0. The molecule has 15 heavy (non-hydrogen) atoms. The molecule has 1 aromatic rings. The van der Waals surface area contributed by atoms with E-state index in [9.17, 15) is 0 Å². The Bertz CT molecular complexity index is 411. The predicted molar refractivity (Wildman–Crippen MR) is 64.2 cm³/mol. The lowest BCUT2D eigenvalue weighted by atomic mass is 9.95. The molecule has 2 fully saturated rings. The molecule has 0 unspecified atom stereocenters. The second-order valence-corrected chi connectivity index (χ2v) is 5.35. The largest absolute Gasteiger partial charge is 0.397 e. The fraction of sp³-hybridized carbons (Fsp3) is 0.538. The van der Waals surface area contributed by atoms with Crippen molar-refractivity contribution in [2.75, 3.05) is 23.7 Å². The molecule has 1 saturated heterocycles. The summed E-state index contributed by atoms with van der Waals surface area (Å²) in [4.78, 5) is 2.43. The minimum atomic E-state index is 0.700. The fourth-order valence-corrected chi connectivity index (χ4v) is 2.52. The predicted octanol–water partition coefficient (Wildman–Crippen LogP) is 2.49. The van der Waals surface area contributed by atoms with Crippen LogP contribution < -0.4 is 10.6 Å². The Balaban J connectivity index is 1.88. The van der Waals surface area contributed by atoms with Crippen LogP contribution in [0.4, 0.5) is 11.4 Å². The Hall–Kier alpha value is -1.18. The number of hydrogen-bond acceptors (Lipinski definition) is 2. The van der Waals surface area contributed by atoms with Crippen LogP contribution in [0.3, 0.4) is 0 Å². The topological polar surface area (TPSA) is 29.3 Å². The van der Waals surface area contributed by atoms with Gasteiger partial charge in [0.15, 0.2) is 0 Å². The third kappa shape index (κ3) is 1.31. The average Bonchev–Trinajstić information content (AvgIpc) is 2.89. The van der Waals surface area contributed by atoms with E-state index in [0.717, 1.165) is 5.69 Å². The molecule has 0 amide bonds. The van der Waals surface area contributed by atoms with Gasteiger partial charge in [-0.2, -0.15) is 0 Å². The zero-order valence-electron chi connectivity index (χ0n) is 9.51. The molecule has 1 aliphatic heterocycles. The normalized spacial score (nSPS) is 21.6. The Kier molecular flexibility index (Phi) is 1.63. The molecule has 0 bridgehead atoms. The maximum absolute atomic E-state index is 6.07. The molecule has 0 radical (unpaired) electrons. The van der Waals surface area contributed by atoms with Crippen molar-refractivity contribution >= 4 is 11.4 Å². The van der Waals surface area contributed by atoms with Crippen LogP contribution in [-0.2, 0) is 0 Å². The van der Waals surface area contributed by atoms with Crippen molar-refractivity contribution < 1.29 is 0 Å². The third-order valence-electron chi connectivity index (χ3n) is 3.99. The summed E-state index contributed by atoms with van der Waals surface area (Å²) in [6, 6.07) is 4.34. The van der Waals surface area contributed by atoms with Gasteiger partial charge in [-0.25, -0.2) is 0 Å². The number of nitrogen functional groups attached to an aromatic ring is 1. The molecular formula is C13H18N2. The van der Waals surface area contributed by atoms with Crippen molar-refractivity contribution in [2.45, 2.75) is 26.7 Å². The van der Waals surface area contributed by atoms with Gasteiger partial charge in [0, 0.05) is 18.5 Å². The number of nitrogens with two attached hydrogens (primary N) is 1. The van der Waals surface area contributed by atoms with Gasteiger partial charge in [-0.05, 0) is 49.9 Å². The smallest absolute Gasteiger partial charge is 0.0603 e. The van der Waals surface area contributed by atoms with E-state index in [4.69, 9.17) is 5.73 Å². The summed E-state index contributed by atoms with van der Waals surface area (Å²) in [5, 5.41) is 0. The number of aryl methyl sites for hydroxylation is 2. The van der Waals surface area contributed by atoms with E-state index in [2.05, 4.69) is 30.9 Å². The van der Waals surface area contributed by atoms with Crippen LogP contribution in [0.5, 0.6) is 0 Å². The van der Waals surface area contributed by atoms with Crippen LogP contribution in [0.2, 0.25) is 0 Å². The van der Waals surface area contributed by atoms with Gasteiger partial charge >= 0.3 is 0 Å². The highest BCUT2D eigenvalue weighted by Crippen LogP contribution is 2.54. The maximum atomic E-state index is 6.07. The highest BCUT2D eigenvalue weighted by Gasteiger charge is 2.52. The first-order valence-corrected chi connectivity index (χ1v) is 5.71. The van der Waals surface area contributed by atoms with Crippen LogP contribution in [0.15, 0.2) is 12.1 Å². The molecule has 2 aliphatic rings. The van der Waals surface area contributed by atoms with Crippen molar-refractivity contribution in [3.63, 3.8) is 0 Å². The second-order valence-electron chi connectivity index (χ2n) is 5.35. The van der Waals surface area contributed by atoms with Crippen molar-refractivity contribution in [1.82, 2.24) is 0 Å². The van der Waals surface area contributed by atoms with E-state index in [-0.39, 0.29) is 0 Å². The molecule has 3 rings (SSSR count). The first-order chi connectivity index (χ1) is 7.10. The van der Waals surface area contributed by atoms with Gasteiger partial charge in [0.1, 0.15) is 0 Å². The van der Waals surface area contributed by atoms with E-state index in [0.29, 0.717) is 5.41 Å². The van der Waals surface area contributed by atoms with Crippen molar-refractivity contribution in [1.29, 1.82) is 0 Å². The van der Waals surface area contributed by atoms with Crippen LogP contribution in [0.1, 0.15) is 24.0 Å². The number of benzene rings is 1. The van der Waals surface area contributed by atoms with E-state index < -0.39 is 0 Å². The van der Waals surface area contributed by atoms with Gasteiger partial charge in [0.2, 0.25) is 0 Å². The highest BCUT2D eigenvalue weighted by molar-refractivity contribution is 5.71. The molecule has 2 nitrogen and oxygen atoms in total. The fourth-order valence-electron chi connectivity index (χ4n) is 2.52. The summed E-state index contributed by atoms with van der Waals surface area (Å²) in [6.45, 7) is 6.72. The molecule has 1 heterocycles. The molecule has 80 valence electrons. The Morgan fingerprint density at radius 3 is 2.33 bits per heavy atom. The molecule has 2 N–H and O–H groups in total. The number of nitrogens with zero attached hydrogens (tertiary/aromatic N) is 1. The molecule has 1 saturated carbocycles. The highest BCUT2D eigenvalue weighted by atomic mass is 15.2.